The average Bonchev–Trinajstić information content (AvgIpc) is 2.76. The Morgan fingerprint density at radius 1 is 1.53 bits per heavy atom. The lowest BCUT2D eigenvalue weighted by Gasteiger charge is -2.12. The van der Waals surface area contributed by atoms with Crippen molar-refractivity contribution < 1.29 is 9.90 Å². The Bertz CT molecular complexity index is 408. The minimum atomic E-state index is -0.140. The SMILES string of the molecule is Cl.O=C(Nc1cc(Br)ccc1O)C1CCCN1. The van der Waals surface area contributed by atoms with Crippen molar-refractivity contribution in [3.8, 4) is 5.75 Å². The van der Waals surface area contributed by atoms with Gasteiger partial charge in [0.25, 0.3) is 0 Å². The first-order chi connectivity index (χ1) is 7.66. The number of hydrogen-bond acceptors (Lipinski definition) is 3. The van der Waals surface area contributed by atoms with Crippen molar-refractivity contribution in [2.24, 2.45) is 0 Å². The minimum absolute atomic E-state index is 0. The van der Waals surface area contributed by atoms with Crippen LogP contribution in [0.2, 0.25) is 0 Å². The molecule has 1 aliphatic heterocycles. The number of carbonyl (C=O) groups is 1. The Hall–Kier alpha value is -0.780. The molecule has 1 amide bonds. The molecule has 1 saturated heterocycles. The predicted octanol–water partition coefficient (Wildman–Crippen LogP) is 2.27. The van der Waals surface area contributed by atoms with Gasteiger partial charge in [-0.1, -0.05) is 15.9 Å². The molecule has 2 rings (SSSR count). The van der Waals surface area contributed by atoms with E-state index < -0.39 is 0 Å². The van der Waals surface area contributed by atoms with Gasteiger partial charge in [-0.25, -0.2) is 0 Å². The molecule has 3 N–H and O–H groups in total. The second kappa shape index (κ2) is 6.23. The van der Waals surface area contributed by atoms with E-state index in [2.05, 4.69) is 26.6 Å². The number of phenols is 1. The van der Waals surface area contributed by atoms with Crippen molar-refractivity contribution in [2.75, 3.05) is 11.9 Å². The van der Waals surface area contributed by atoms with Crippen LogP contribution >= 0.6 is 28.3 Å². The van der Waals surface area contributed by atoms with Gasteiger partial charge in [-0.15, -0.1) is 12.4 Å². The first-order valence-electron chi connectivity index (χ1n) is 5.19. The smallest absolute Gasteiger partial charge is 0.241 e. The number of carbonyl (C=O) groups excluding carboxylic acids is 1. The predicted molar refractivity (Wildman–Crippen MR) is 72.7 cm³/mol. The van der Waals surface area contributed by atoms with Gasteiger partial charge in [-0.2, -0.15) is 0 Å². The number of phenolic OH excluding ortho intramolecular Hbond substituents is 1. The van der Waals surface area contributed by atoms with Gasteiger partial charge in [-0.3, -0.25) is 4.79 Å². The van der Waals surface area contributed by atoms with Gasteiger partial charge in [0.1, 0.15) is 5.75 Å². The summed E-state index contributed by atoms with van der Waals surface area (Å²) in [6.07, 6.45) is 1.86. The molecule has 1 atom stereocenters. The molecule has 94 valence electrons. The molecule has 6 heteroatoms. The van der Waals surface area contributed by atoms with Crippen LogP contribution in [0.15, 0.2) is 22.7 Å². The van der Waals surface area contributed by atoms with E-state index in [-0.39, 0.29) is 30.1 Å². The van der Waals surface area contributed by atoms with E-state index in [1.165, 1.54) is 0 Å². The highest BCUT2D eigenvalue weighted by Crippen LogP contribution is 2.27. The summed E-state index contributed by atoms with van der Waals surface area (Å²) in [5.74, 6) is -0.0135. The van der Waals surface area contributed by atoms with Crippen molar-refractivity contribution >= 4 is 39.9 Å². The van der Waals surface area contributed by atoms with Crippen LogP contribution in [-0.2, 0) is 4.79 Å². The molecule has 0 saturated carbocycles. The molecule has 0 aliphatic carbocycles. The molecule has 0 aromatic heterocycles. The fourth-order valence-electron chi connectivity index (χ4n) is 1.74. The lowest BCUT2D eigenvalue weighted by atomic mass is 10.2. The van der Waals surface area contributed by atoms with Crippen LogP contribution in [0, 0.1) is 0 Å². The van der Waals surface area contributed by atoms with E-state index in [9.17, 15) is 9.90 Å². The molecular formula is C11H14BrClN2O2. The van der Waals surface area contributed by atoms with Crippen molar-refractivity contribution in [3.63, 3.8) is 0 Å². The second-order valence-corrected chi connectivity index (χ2v) is 4.72. The third-order valence-corrected chi connectivity index (χ3v) is 3.09. The van der Waals surface area contributed by atoms with E-state index in [0.29, 0.717) is 5.69 Å². The summed E-state index contributed by atoms with van der Waals surface area (Å²) >= 11 is 3.29. The summed E-state index contributed by atoms with van der Waals surface area (Å²) in [5.41, 5.74) is 0.438. The van der Waals surface area contributed by atoms with Gasteiger partial charge in [0.05, 0.1) is 11.7 Å². The first-order valence-corrected chi connectivity index (χ1v) is 5.99. The first kappa shape index (κ1) is 14.3. The molecule has 1 heterocycles. The van der Waals surface area contributed by atoms with Crippen LogP contribution in [0.1, 0.15) is 12.8 Å². The number of hydrogen-bond donors (Lipinski definition) is 3. The second-order valence-electron chi connectivity index (χ2n) is 3.80. The van der Waals surface area contributed by atoms with E-state index >= 15 is 0 Å². The molecule has 0 spiro atoms. The van der Waals surface area contributed by atoms with Crippen LogP contribution in [0.4, 0.5) is 5.69 Å². The molecule has 17 heavy (non-hydrogen) atoms. The summed E-state index contributed by atoms with van der Waals surface area (Å²) in [7, 11) is 0. The number of halogens is 2. The molecule has 1 unspecified atom stereocenters. The largest absolute Gasteiger partial charge is 0.506 e. The highest BCUT2D eigenvalue weighted by Gasteiger charge is 2.22. The van der Waals surface area contributed by atoms with E-state index in [1.54, 1.807) is 18.2 Å². The van der Waals surface area contributed by atoms with E-state index in [1.807, 2.05) is 0 Å². The van der Waals surface area contributed by atoms with E-state index in [4.69, 9.17) is 0 Å². The highest BCUT2D eigenvalue weighted by atomic mass is 79.9. The number of amides is 1. The Morgan fingerprint density at radius 3 is 2.94 bits per heavy atom. The number of aromatic hydroxyl groups is 1. The standard InChI is InChI=1S/C11H13BrN2O2.ClH/c12-7-3-4-10(15)9(6-7)14-11(16)8-2-1-5-13-8;/h3-4,6,8,13,15H,1-2,5H2,(H,14,16);1H. The molecule has 1 aromatic rings. The van der Waals surface area contributed by atoms with E-state index in [0.717, 1.165) is 23.9 Å². The molecule has 4 nitrogen and oxygen atoms in total. The fraction of sp³-hybridized carbons (Fsp3) is 0.364. The molecule has 1 fully saturated rings. The molecular weight excluding hydrogens is 307 g/mol. The lowest BCUT2D eigenvalue weighted by molar-refractivity contribution is -0.117. The highest BCUT2D eigenvalue weighted by molar-refractivity contribution is 9.10. The normalized spacial score (nSPS) is 18.5. The number of rotatable bonds is 2. The van der Waals surface area contributed by atoms with Crippen LogP contribution < -0.4 is 10.6 Å². The zero-order valence-electron chi connectivity index (χ0n) is 9.07. The Balaban J connectivity index is 0.00000144. The van der Waals surface area contributed by atoms with Gasteiger partial charge in [-0.05, 0) is 37.6 Å². The van der Waals surface area contributed by atoms with Gasteiger partial charge < -0.3 is 15.7 Å². The van der Waals surface area contributed by atoms with Gasteiger partial charge in [0.2, 0.25) is 5.91 Å². The van der Waals surface area contributed by atoms with Crippen molar-refractivity contribution in [1.29, 1.82) is 0 Å². The molecule has 0 bridgehead atoms. The summed E-state index contributed by atoms with van der Waals surface area (Å²) in [6, 6.07) is 4.81. The maximum atomic E-state index is 11.8. The Kier molecular flexibility index (Phi) is 5.24. The average molecular weight is 322 g/mol. The van der Waals surface area contributed by atoms with Crippen LogP contribution in [0.25, 0.3) is 0 Å². The number of anilines is 1. The monoisotopic (exact) mass is 320 g/mol. The third-order valence-electron chi connectivity index (χ3n) is 2.59. The van der Waals surface area contributed by atoms with Gasteiger partial charge in [0, 0.05) is 4.47 Å². The fourth-order valence-corrected chi connectivity index (χ4v) is 2.10. The minimum Gasteiger partial charge on any atom is -0.506 e. The van der Waals surface area contributed by atoms with Crippen molar-refractivity contribution in [2.45, 2.75) is 18.9 Å². The zero-order chi connectivity index (χ0) is 11.5. The Labute approximate surface area is 114 Å². The number of nitrogens with one attached hydrogen (secondary N) is 2. The van der Waals surface area contributed by atoms with Crippen LogP contribution in [0.5, 0.6) is 5.75 Å². The summed E-state index contributed by atoms with van der Waals surface area (Å²) in [4.78, 5) is 11.8. The summed E-state index contributed by atoms with van der Waals surface area (Å²) in [6.45, 7) is 0.878. The molecule has 0 radical (unpaired) electrons. The lowest BCUT2D eigenvalue weighted by Crippen LogP contribution is -2.35. The Morgan fingerprint density at radius 2 is 2.29 bits per heavy atom. The molecule has 1 aromatic carbocycles. The van der Waals surface area contributed by atoms with Crippen molar-refractivity contribution in [1.82, 2.24) is 5.32 Å². The number of benzene rings is 1. The van der Waals surface area contributed by atoms with Crippen LogP contribution in [0.3, 0.4) is 0 Å². The van der Waals surface area contributed by atoms with Crippen LogP contribution in [-0.4, -0.2) is 23.6 Å². The van der Waals surface area contributed by atoms with Gasteiger partial charge >= 0.3 is 0 Å². The maximum Gasteiger partial charge on any atom is 0.241 e. The van der Waals surface area contributed by atoms with Crippen molar-refractivity contribution in [3.05, 3.63) is 22.7 Å². The summed E-state index contributed by atoms with van der Waals surface area (Å²) in [5, 5.41) is 15.4. The quantitative estimate of drug-likeness (QED) is 0.732. The van der Waals surface area contributed by atoms with Gasteiger partial charge in [0.15, 0.2) is 0 Å². The molecule has 1 aliphatic rings. The summed E-state index contributed by atoms with van der Waals surface area (Å²) < 4.78 is 0.819. The zero-order valence-corrected chi connectivity index (χ0v) is 11.5. The maximum absolute atomic E-state index is 11.8. The topological polar surface area (TPSA) is 61.4 Å². The third kappa shape index (κ3) is 3.59.